The van der Waals surface area contributed by atoms with Gasteiger partial charge in [-0.3, -0.25) is 9.59 Å². The molecule has 0 N–H and O–H groups in total. The SMILES string of the molecule is CC(C)(C)c1c(C=O)cccc1C=O. The summed E-state index contributed by atoms with van der Waals surface area (Å²) in [4.78, 5) is 21.7. The Morgan fingerprint density at radius 2 is 1.43 bits per heavy atom. The summed E-state index contributed by atoms with van der Waals surface area (Å²) in [5.74, 6) is 0. The third-order valence-electron chi connectivity index (χ3n) is 2.13. The van der Waals surface area contributed by atoms with Crippen LogP contribution in [0.4, 0.5) is 0 Å². The van der Waals surface area contributed by atoms with Crippen molar-refractivity contribution in [1.29, 1.82) is 0 Å². The summed E-state index contributed by atoms with van der Waals surface area (Å²) in [5.41, 5.74) is 1.84. The van der Waals surface area contributed by atoms with Gasteiger partial charge in [0.1, 0.15) is 12.6 Å². The van der Waals surface area contributed by atoms with Gasteiger partial charge in [0.25, 0.3) is 0 Å². The second-order valence-corrected chi connectivity index (χ2v) is 4.30. The minimum absolute atomic E-state index is 0.187. The van der Waals surface area contributed by atoms with Gasteiger partial charge in [0, 0.05) is 11.1 Å². The summed E-state index contributed by atoms with van der Waals surface area (Å²) in [6.07, 6.45) is 1.60. The number of hydrogen-bond acceptors (Lipinski definition) is 2. The zero-order valence-electron chi connectivity index (χ0n) is 8.70. The Labute approximate surface area is 83.9 Å². The highest BCUT2D eigenvalue weighted by atomic mass is 16.1. The minimum atomic E-state index is -0.187. The van der Waals surface area contributed by atoms with Crippen molar-refractivity contribution in [3.63, 3.8) is 0 Å². The standard InChI is InChI=1S/C12H14O2/c1-12(2,3)11-9(7-13)5-4-6-10(11)8-14/h4-8H,1-3H3. The fourth-order valence-corrected chi connectivity index (χ4v) is 1.65. The summed E-state index contributed by atoms with van der Waals surface area (Å²) in [7, 11) is 0. The van der Waals surface area contributed by atoms with Crippen LogP contribution in [-0.4, -0.2) is 12.6 Å². The van der Waals surface area contributed by atoms with E-state index < -0.39 is 0 Å². The number of carbonyl (C=O) groups is 2. The van der Waals surface area contributed by atoms with Crippen LogP contribution in [-0.2, 0) is 5.41 Å². The molecule has 0 aliphatic rings. The van der Waals surface area contributed by atoms with E-state index in [4.69, 9.17) is 0 Å². The maximum Gasteiger partial charge on any atom is 0.150 e. The Kier molecular flexibility index (Phi) is 2.84. The molecule has 0 aliphatic carbocycles. The van der Waals surface area contributed by atoms with Crippen molar-refractivity contribution in [2.24, 2.45) is 0 Å². The van der Waals surface area contributed by atoms with Crippen LogP contribution in [0, 0.1) is 0 Å². The molecule has 14 heavy (non-hydrogen) atoms. The number of aldehydes is 2. The average Bonchev–Trinajstić information content (AvgIpc) is 2.15. The Hall–Kier alpha value is -1.44. The van der Waals surface area contributed by atoms with Gasteiger partial charge in [-0.2, -0.15) is 0 Å². The highest BCUT2D eigenvalue weighted by molar-refractivity contribution is 5.86. The first-order chi connectivity index (χ1) is 6.50. The number of benzene rings is 1. The predicted molar refractivity (Wildman–Crippen MR) is 55.9 cm³/mol. The van der Waals surface area contributed by atoms with Gasteiger partial charge in [0.15, 0.2) is 0 Å². The molecule has 0 fully saturated rings. The summed E-state index contributed by atoms with van der Waals surface area (Å²) < 4.78 is 0. The van der Waals surface area contributed by atoms with Gasteiger partial charge in [0.05, 0.1) is 0 Å². The average molecular weight is 190 g/mol. The summed E-state index contributed by atoms with van der Waals surface area (Å²) in [6, 6.07) is 5.20. The van der Waals surface area contributed by atoms with Crippen molar-refractivity contribution in [3.05, 3.63) is 34.9 Å². The third kappa shape index (κ3) is 1.90. The summed E-state index contributed by atoms with van der Waals surface area (Å²) in [6.45, 7) is 5.97. The number of rotatable bonds is 2. The van der Waals surface area contributed by atoms with Gasteiger partial charge in [-0.25, -0.2) is 0 Å². The molecule has 0 unspecified atom stereocenters. The number of hydrogen-bond donors (Lipinski definition) is 0. The molecular formula is C12H14O2. The van der Waals surface area contributed by atoms with Crippen LogP contribution < -0.4 is 0 Å². The van der Waals surface area contributed by atoms with Crippen molar-refractivity contribution in [1.82, 2.24) is 0 Å². The molecule has 74 valence electrons. The van der Waals surface area contributed by atoms with Gasteiger partial charge >= 0.3 is 0 Å². The van der Waals surface area contributed by atoms with Crippen LogP contribution in [0.3, 0.4) is 0 Å². The first-order valence-electron chi connectivity index (χ1n) is 4.54. The Bertz CT molecular complexity index is 333. The molecule has 2 heteroatoms. The van der Waals surface area contributed by atoms with Crippen molar-refractivity contribution >= 4 is 12.6 Å². The van der Waals surface area contributed by atoms with Gasteiger partial charge in [0.2, 0.25) is 0 Å². The van der Waals surface area contributed by atoms with E-state index in [1.165, 1.54) is 0 Å². The molecule has 0 saturated carbocycles. The van der Waals surface area contributed by atoms with Gasteiger partial charge in [-0.1, -0.05) is 39.0 Å². The maximum absolute atomic E-state index is 10.8. The quantitative estimate of drug-likeness (QED) is 0.672. The topological polar surface area (TPSA) is 34.1 Å². The fourth-order valence-electron chi connectivity index (χ4n) is 1.65. The lowest BCUT2D eigenvalue weighted by molar-refractivity contribution is 0.112. The Balaban J connectivity index is 3.49. The highest BCUT2D eigenvalue weighted by Gasteiger charge is 2.20. The van der Waals surface area contributed by atoms with Crippen LogP contribution in [0.5, 0.6) is 0 Å². The normalized spacial score (nSPS) is 11.1. The first-order valence-corrected chi connectivity index (χ1v) is 4.54. The monoisotopic (exact) mass is 190 g/mol. The second-order valence-electron chi connectivity index (χ2n) is 4.30. The Morgan fingerprint density at radius 1 is 1.00 bits per heavy atom. The molecule has 2 nitrogen and oxygen atoms in total. The highest BCUT2D eigenvalue weighted by Crippen LogP contribution is 2.27. The van der Waals surface area contributed by atoms with E-state index in [2.05, 4.69) is 0 Å². The zero-order valence-corrected chi connectivity index (χ0v) is 8.70. The Morgan fingerprint density at radius 3 is 1.71 bits per heavy atom. The molecule has 0 aromatic heterocycles. The van der Waals surface area contributed by atoms with E-state index in [9.17, 15) is 9.59 Å². The van der Waals surface area contributed by atoms with Crippen LogP contribution in [0.25, 0.3) is 0 Å². The number of carbonyl (C=O) groups excluding carboxylic acids is 2. The van der Waals surface area contributed by atoms with E-state index in [1.54, 1.807) is 18.2 Å². The molecule has 1 aromatic rings. The lowest BCUT2D eigenvalue weighted by Crippen LogP contribution is -2.17. The molecule has 0 bridgehead atoms. The fraction of sp³-hybridized carbons (Fsp3) is 0.333. The molecule has 0 atom stereocenters. The van der Waals surface area contributed by atoms with Gasteiger partial charge in [-0.05, 0) is 11.0 Å². The smallest absolute Gasteiger partial charge is 0.150 e. The van der Waals surface area contributed by atoms with Crippen LogP contribution >= 0.6 is 0 Å². The molecule has 0 amide bonds. The van der Waals surface area contributed by atoms with Gasteiger partial charge in [-0.15, -0.1) is 0 Å². The zero-order chi connectivity index (χ0) is 10.8. The van der Waals surface area contributed by atoms with E-state index in [1.807, 2.05) is 20.8 Å². The third-order valence-corrected chi connectivity index (χ3v) is 2.13. The molecular weight excluding hydrogens is 176 g/mol. The van der Waals surface area contributed by atoms with Crippen LogP contribution in [0.2, 0.25) is 0 Å². The largest absolute Gasteiger partial charge is 0.298 e. The molecule has 1 aromatic carbocycles. The van der Waals surface area contributed by atoms with Gasteiger partial charge < -0.3 is 0 Å². The van der Waals surface area contributed by atoms with Crippen LogP contribution in [0.1, 0.15) is 47.1 Å². The molecule has 0 radical (unpaired) electrons. The minimum Gasteiger partial charge on any atom is -0.298 e. The predicted octanol–water partition coefficient (Wildman–Crippen LogP) is 2.61. The molecule has 1 rings (SSSR count). The van der Waals surface area contributed by atoms with Crippen molar-refractivity contribution < 1.29 is 9.59 Å². The first kappa shape index (κ1) is 10.6. The van der Waals surface area contributed by atoms with E-state index in [0.717, 1.165) is 18.1 Å². The van der Waals surface area contributed by atoms with Crippen molar-refractivity contribution in [2.75, 3.05) is 0 Å². The second kappa shape index (κ2) is 3.74. The maximum atomic E-state index is 10.8. The van der Waals surface area contributed by atoms with E-state index >= 15 is 0 Å². The molecule has 0 saturated heterocycles. The van der Waals surface area contributed by atoms with Crippen molar-refractivity contribution in [2.45, 2.75) is 26.2 Å². The summed E-state index contributed by atoms with van der Waals surface area (Å²) in [5, 5.41) is 0. The van der Waals surface area contributed by atoms with E-state index in [-0.39, 0.29) is 5.41 Å². The lowest BCUT2D eigenvalue weighted by atomic mass is 9.81. The lowest BCUT2D eigenvalue weighted by Gasteiger charge is -2.22. The summed E-state index contributed by atoms with van der Waals surface area (Å²) >= 11 is 0. The molecule has 0 aliphatic heterocycles. The molecule has 0 heterocycles. The van der Waals surface area contributed by atoms with E-state index in [0.29, 0.717) is 11.1 Å². The molecule has 0 spiro atoms. The van der Waals surface area contributed by atoms with Crippen molar-refractivity contribution in [3.8, 4) is 0 Å². The van der Waals surface area contributed by atoms with Crippen LogP contribution in [0.15, 0.2) is 18.2 Å².